The third kappa shape index (κ3) is 5.39. The van der Waals surface area contributed by atoms with Gasteiger partial charge in [0.05, 0.1) is 10.0 Å². The molecule has 3 aromatic rings. The summed E-state index contributed by atoms with van der Waals surface area (Å²) in [4.78, 5) is 17.9. The van der Waals surface area contributed by atoms with Crippen LogP contribution in [0.15, 0.2) is 76.8 Å². The fraction of sp³-hybridized carbons (Fsp3) is 0.0526. The summed E-state index contributed by atoms with van der Waals surface area (Å²) in [5, 5.41) is 6.67. The number of hydrogen-bond acceptors (Lipinski definition) is 3. The van der Waals surface area contributed by atoms with Gasteiger partial charge in [-0.1, -0.05) is 35.0 Å². The van der Waals surface area contributed by atoms with Crippen LogP contribution in [0.1, 0.15) is 5.56 Å². The lowest BCUT2D eigenvalue weighted by molar-refractivity contribution is 0.251. The van der Waals surface area contributed by atoms with E-state index in [1.54, 1.807) is 30.2 Å². The minimum Gasteiger partial charge on any atom is -0.334 e. The fourth-order valence-electron chi connectivity index (χ4n) is 2.14. The van der Waals surface area contributed by atoms with Gasteiger partial charge < -0.3 is 10.6 Å². The zero-order valence-corrected chi connectivity index (χ0v) is 15.9. The van der Waals surface area contributed by atoms with Crippen molar-refractivity contribution >= 4 is 46.7 Å². The molecule has 4 nitrogen and oxygen atoms in total. The molecule has 0 aliphatic rings. The highest BCUT2D eigenvalue weighted by Gasteiger charge is 2.04. The molecule has 132 valence electrons. The fourth-order valence-corrected chi connectivity index (χ4v) is 3.36. The summed E-state index contributed by atoms with van der Waals surface area (Å²) in [6.07, 6.45) is 3.39. The Morgan fingerprint density at radius 1 is 0.923 bits per heavy atom. The van der Waals surface area contributed by atoms with Gasteiger partial charge in [-0.05, 0) is 60.2 Å². The minimum atomic E-state index is -0.258. The Kier molecular flexibility index (Phi) is 6.39. The molecule has 3 rings (SSSR count). The first-order valence-electron chi connectivity index (χ1n) is 7.77. The maximum atomic E-state index is 12.0. The van der Waals surface area contributed by atoms with E-state index in [4.69, 9.17) is 23.2 Å². The molecule has 0 bridgehead atoms. The number of aromatic nitrogens is 1. The van der Waals surface area contributed by atoms with Crippen molar-refractivity contribution in [3.63, 3.8) is 0 Å². The number of nitrogens with one attached hydrogen (secondary N) is 2. The SMILES string of the molecule is O=C(NCc1ccncc1)Nc1ccc(Sc2ccc(Cl)c(Cl)c2)cc1. The highest BCUT2D eigenvalue weighted by Crippen LogP contribution is 2.32. The molecule has 0 aliphatic heterocycles. The van der Waals surface area contributed by atoms with Gasteiger partial charge >= 0.3 is 6.03 Å². The summed E-state index contributed by atoms with van der Waals surface area (Å²) < 4.78 is 0. The van der Waals surface area contributed by atoms with Crippen LogP contribution in [-0.4, -0.2) is 11.0 Å². The van der Waals surface area contributed by atoms with Crippen molar-refractivity contribution < 1.29 is 4.79 Å². The van der Waals surface area contributed by atoms with Crippen LogP contribution in [0.4, 0.5) is 10.5 Å². The second-order valence-electron chi connectivity index (χ2n) is 5.37. The molecule has 2 N–H and O–H groups in total. The molecule has 26 heavy (non-hydrogen) atoms. The first kappa shape index (κ1) is 18.6. The molecule has 0 spiro atoms. The van der Waals surface area contributed by atoms with Gasteiger partial charge in [0.15, 0.2) is 0 Å². The molecule has 0 saturated carbocycles. The van der Waals surface area contributed by atoms with Gasteiger partial charge in [-0.3, -0.25) is 4.98 Å². The first-order chi connectivity index (χ1) is 12.6. The number of pyridine rings is 1. The topological polar surface area (TPSA) is 54.0 Å². The van der Waals surface area contributed by atoms with Crippen molar-refractivity contribution in [2.24, 2.45) is 0 Å². The molecule has 0 aliphatic carbocycles. The summed E-state index contributed by atoms with van der Waals surface area (Å²) in [6.45, 7) is 0.444. The molecule has 2 amide bonds. The largest absolute Gasteiger partial charge is 0.334 e. The number of anilines is 1. The van der Waals surface area contributed by atoms with Crippen LogP contribution in [0, 0.1) is 0 Å². The van der Waals surface area contributed by atoms with E-state index in [0.29, 0.717) is 16.6 Å². The van der Waals surface area contributed by atoms with E-state index in [0.717, 1.165) is 21.0 Å². The van der Waals surface area contributed by atoms with E-state index in [2.05, 4.69) is 15.6 Å². The van der Waals surface area contributed by atoms with Gasteiger partial charge in [-0.15, -0.1) is 0 Å². The zero-order chi connectivity index (χ0) is 18.4. The maximum Gasteiger partial charge on any atom is 0.319 e. The second kappa shape index (κ2) is 8.94. The zero-order valence-electron chi connectivity index (χ0n) is 13.6. The number of nitrogens with zero attached hydrogens (tertiary/aromatic N) is 1. The van der Waals surface area contributed by atoms with Crippen LogP contribution >= 0.6 is 35.0 Å². The summed E-state index contributed by atoms with van der Waals surface area (Å²) in [7, 11) is 0. The molecule has 0 unspecified atom stereocenters. The van der Waals surface area contributed by atoms with E-state index in [1.807, 2.05) is 48.5 Å². The van der Waals surface area contributed by atoms with Crippen molar-refractivity contribution in [3.05, 3.63) is 82.6 Å². The van der Waals surface area contributed by atoms with E-state index in [1.165, 1.54) is 0 Å². The molecule has 0 atom stereocenters. The predicted molar refractivity (Wildman–Crippen MR) is 107 cm³/mol. The standard InChI is InChI=1S/C19H15Cl2N3OS/c20-17-6-5-16(11-18(17)21)26-15-3-1-14(2-4-15)24-19(25)23-12-13-7-9-22-10-8-13/h1-11H,12H2,(H2,23,24,25). The lowest BCUT2D eigenvalue weighted by atomic mass is 10.3. The number of carbonyl (C=O) groups excluding carboxylic acids is 1. The number of carbonyl (C=O) groups is 1. The van der Waals surface area contributed by atoms with Crippen LogP contribution in [0.2, 0.25) is 10.0 Å². The average Bonchev–Trinajstić information content (AvgIpc) is 2.65. The van der Waals surface area contributed by atoms with Gasteiger partial charge in [0.2, 0.25) is 0 Å². The van der Waals surface area contributed by atoms with Crippen molar-refractivity contribution in [2.45, 2.75) is 16.3 Å². The maximum absolute atomic E-state index is 12.0. The number of halogens is 2. The number of hydrogen-bond donors (Lipinski definition) is 2. The lowest BCUT2D eigenvalue weighted by Gasteiger charge is -2.09. The third-order valence-corrected chi connectivity index (χ3v) is 5.18. The van der Waals surface area contributed by atoms with Crippen LogP contribution in [0.25, 0.3) is 0 Å². The molecular formula is C19H15Cl2N3OS. The van der Waals surface area contributed by atoms with Crippen molar-refractivity contribution in [2.75, 3.05) is 5.32 Å². The van der Waals surface area contributed by atoms with Crippen molar-refractivity contribution in [1.29, 1.82) is 0 Å². The molecule has 2 aromatic carbocycles. The Balaban J connectivity index is 1.53. The molecular weight excluding hydrogens is 389 g/mol. The van der Waals surface area contributed by atoms with Gasteiger partial charge in [-0.25, -0.2) is 4.79 Å². The van der Waals surface area contributed by atoms with Crippen LogP contribution < -0.4 is 10.6 Å². The number of rotatable bonds is 5. The Bertz CT molecular complexity index is 889. The van der Waals surface area contributed by atoms with Gasteiger partial charge in [-0.2, -0.15) is 0 Å². The predicted octanol–water partition coefficient (Wildman–Crippen LogP) is 5.86. The van der Waals surface area contributed by atoms with E-state index in [9.17, 15) is 4.79 Å². The van der Waals surface area contributed by atoms with Crippen LogP contribution in [0.5, 0.6) is 0 Å². The van der Waals surface area contributed by atoms with Gasteiger partial charge in [0, 0.05) is 34.4 Å². The van der Waals surface area contributed by atoms with Gasteiger partial charge in [0.1, 0.15) is 0 Å². The Labute approximate surface area is 165 Å². The molecule has 0 saturated heterocycles. The van der Waals surface area contributed by atoms with Crippen LogP contribution in [-0.2, 0) is 6.54 Å². The molecule has 0 fully saturated rings. The summed E-state index contributed by atoms with van der Waals surface area (Å²) >= 11 is 13.5. The molecule has 1 aromatic heterocycles. The van der Waals surface area contributed by atoms with E-state index < -0.39 is 0 Å². The third-order valence-electron chi connectivity index (χ3n) is 3.44. The Morgan fingerprint density at radius 2 is 1.62 bits per heavy atom. The molecule has 7 heteroatoms. The van der Waals surface area contributed by atoms with Gasteiger partial charge in [0.25, 0.3) is 0 Å². The Hall–Kier alpha value is -2.21. The molecule has 0 radical (unpaired) electrons. The molecule has 1 heterocycles. The lowest BCUT2D eigenvalue weighted by Crippen LogP contribution is -2.28. The summed E-state index contributed by atoms with van der Waals surface area (Å²) in [5.74, 6) is 0. The average molecular weight is 404 g/mol. The minimum absolute atomic E-state index is 0.258. The second-order valence-corrected chi connectivity index (χ2v) is 7.33. The smallest absolute Gasteiger partial charge is 0.319 e. The van der Waals surface area contributed by atoms with Crippen LogP contribution in [0.3, 0.4) is 0 Å². The number of amides is 2. The van der Waals surface area contributed by atoms with E-state index >= 15 is 0 Å². The monoisotopic (exact) mass is 403 g/mol. The normalized spacial score (nSPS) is 10.4. The quantitative estimate of drug-likeness (QED) is 0.560. The highest BCUT2D eigenvalue weighted by molar-refractivity contribution is 7.99. The first-order valence-corrected chi connectivity index (χ1v) is 9.34. The van der Waals surface area contributed by atoms with E-state index in [-0.39, 0.29) is 6.03 Å². The number of benzene rings is 2. The van der Waals surface area contributed by atoms with Crippen molar-refractivity contribution in [3.8, 4) is 0 Å². The van der Waals surface area contributed by atoms with Crippen molar-refractivity contribution in [1.82, 2.24) is 10.3 Å². The summed E-state index contributed by atoms with van der Waals surface area (Å²) in [6, 6.07) is 16.5. The Morgan fingerprint density at radius 3 is 2.31 bits per heavy atom. The number of urea groups is 1. The summed E-state index contributed by atoms with van der Waals surface area (Å²) in [5.41, 5.74) is 1.71. The highest BCUT2D eigenvalue weighted by atomic mass is 35.5.